The Morgan fingerprint density at radius 3 is 2.48 bits per heavy atom. The summed E-state index contributed by atoms with van der Waals surface area (Å²) in [5.74, 6) is -0.538. The zero-order chi connectivity index (χ0) is 16.9. The molecule has 122 valence electrons. The Morgan fingerprint density at radius 2 is 1.83 bits per heavy atom. The summed E-state index contributed by atoms with van der Waals surface area (Å²) in [6.07, 6.45) is -5.76. The van der Waals surface area contributed by atoms with Crippen molar-refractivity contribution in [2.75, 3.05) is 5.32 Å². The smallest absolute Gasteiger partial charge is 0.444 e. The Morgan fingerprint density at radius 1 is 1.13 bits per heavy atom. The molecule has 0 saturated heterocycles. The van der Waals surface area contributed by atoms with Gasteiger partial charge in [0.1, 0.15) is 6.61 Å². The van der Waals surface area contributed by atoms with Crippen molar-refractivity contribution in [2.24, 2.45) is 0 Å². The number of benzene rings is 2. The molecule has 0 atom stereocenters. The van der Waals surface area contributed by atoms with Crippen molar-refractivity contribution >= 4 is 27.7 Å². The van der Waals surface area contributed by atoms with Gasteiger partial charge in [0.25, 0.3) is 0 Å². The predicted octanol–water partition coefficient (Wildman–Crippen LogP) is 5.10. The molecule has 0 bridgehead atoms. The second-order valence-corrected chi connectivity index (χ2v) is 5.29. The molecule has 0 aliphatic heterocycles. The van der Waals surface area contributed by atoms with Crippen molar-refractivity contribution in [3.05, 3.63) is 58.6 Å². The largest absolute Gasteiger partial charge is 0.573 e. The van der Waals surface area contributed by atoms with Crippen LogP contribution >= 0.6 is 15.9 Å². The van der Waals surface area contributed by atoms with E-state index in [2.05, 4.69) is 26.0 Å². The van der Waals surface area contributed by atoms with Crippen LogP contribution in [0.2, 0.25) is 0 Å². The normalized spacial score (nSPS) is 11.0. The van der Waals surface area contributed by atoms with Gasteiger partial charge in [-0.25, -0.2) is 4.79 Å². The number of amides is 1. The summed E-state index contributed by atoms with van der Waals surface area (Å²) in [6, 6.07) is 12.7. The van der Waals surface area contributed by atoms with Crippen molar-refractivity contribution in [1.82, 2.24) is 0 Å². The fourth-order valence-electron chi connectivity index (χ4n) is 1.68. The van der Waals surface area contributed by atoms with E-state index in [9.17, 15) is 18.0 Å². The molecule has 23 heavy (non-hydrogen) atoms. The Kier molecular flexibility index (Phi) is 5.49. The van der Waals surface area contributed by atoms with E-state index in [4.69, 9.17) is 4.74 Å². The van der Waals surface area contributed by atoms with Gasteiger partial charge in [0.05, 0.1) is 5.69 Å². The lowest BCUT2D eigenvalue weighted by molar-refractivity contribution is -0.274. The minimum absolute atomic E-state index is 0.00133. The number of hydrogen-bond donors (Lipinski definition) is 1. The number of anilines is 1. The van der Waals surface area contributed by atoms with Gasteiger partial charge in [-0.1, -0.05) is 46.3 Å². The van der Waals surface area contributed by atoms with Crippen LogP contribution in [0.25, 0.3) is 0 Å². The second-order valence-electron chi connectivity index (χ2n) is 4.38. The molecule has 2 aromatic rings. The maximum Gasteiger partial charge on any atom is 0.573 e. The summed E-state index contributed by atoms with van der Waals surface area (Å²) in [5.41, 5.74) is 0.605. The first-order valence-electron chi connectivity index (χ1n) is 6.36. The molecule has 0 saturated carbocycles. The molecule has 0 spiro atoms. The average Bonchev–Trinajstić information content (AvgIpc) is 2.47. The van der Waals surface area contributed by atoms with Crippen LogP contribution in [0.15, 0.2) is 53.0 Å². The van der Waals surface area contributed by atoms with Gasteiger partial charge in [0, 0.05) is 4.47 Å². The number of alkyl halides is 3. The van der Waals surface area contributed by atoms with E-state index >= 15 is 0 Å². The van der Waals surface area contributed by atoms with Gasteiger partial charge in [-0.05, 0) is 23.8 Å². The number of halogens is 4. The first kappa shape index (κ1) is 17.1. The zero-order valence-electron chi connectivity index (χ0n) is 11.6. The van der Waals surface area contributed by atoms with E-state index in [1.807, 2.05) is 6.07 Å². The van der Waals surface area contributed by atoms with E-state index in [0.717, 1.165) is 11.6 Å². The molecule has 0 aromatic heterocycles. The Bertz CT molecular complexity index is 677. The first-order chi connectivity index (χ1) is 10.8. The third-order valence-corrected chi connectivity index (χ3v) is 3.11. The van der Waals surface area contributed by atoms with Gasteiger partial charge in [0.2, 0.25) is 0 Å². The average molecular weight is 390 g/mol. The molecular weight excluding hydrogens is 379 g/mol. The van der Waals surface area contributed by atoms with Gasteiger partial charge in [-0.2, -0.15) is 0 Å². The van der Waals surface area contributed by atoms with E-state index in [1.54, 1.807) is 24.3 Å². The topological polar surface area (TPSA) is 47.6 Å². The highest BCUT2D eigenvalue weighted by molar-refractivity contribution is 9.10. The Hall–Kier alpha value is -2.22. The third-order valence-electron chi connectivity index (χ3n) is 2.62. The van der Waals surface area contributed by atoms with Crippen molar-refractivity contribution in [3.63, 3.8) is 0 Å². The van der Waals surface area contributed by atoms with Crippen LogP contribution in [0.4, 0.5) is 23.7 Å². The second kappa shape index (κ2) is 7.36. The summed E-state index contributed by atoms with van der Waals surface area (Å²) in [6.45, 7) is -0.00133. The van der Waals surface area contributed by atoms with E-state index < -0.39 is 18.2 Å². The van der Waals surface area contributed by atoms with Gasteiger partial charge in [-0.15, -0.1) is 13.2 Å². The lowest BCUT2D eigenvalue weighted by Gasteiger charge is -2.14. The highest BCUT2D eigenvalue weighted by atomic mass is 79.9. The number of nitrogens with one attached hydrogen (secondary N) is 1. The van der Waals surface area contributed by atoms with Gasteiger partial charge < -0.3 is 9.47 Å². The lowest BCUT2D eigenvalue weighted by Crippen LogP contribution is -2.20. The highest BCUT2D eigenvalue weighted by Crippen LogP contribution is 2.33. The van der Waals surface area contributed by atoms with Crippen LogP contribution in [0.1, 0.15) is 5.56 Å². The maximum atomic E-state index is 12.4. The molecule has 1 amide bonds. The summed E-state index contributed by atoms with van der Waals surface area (Å²) in [5, 5.41) is 2.22. The highest BCUT2D eigenvalue weighted by Gasteiger charge is 2.32. The summed E-state index contributed by atoms with van der Waals surface area (Å²) >= 11 is 3.04. The van der Waals surface area contributed by atoms with Crippen molar-refractivity contribution < 1.29 is 27.4 Å². The van der Waals surface area contributed by atoms with E-state index in [0.29, 0.717) is 4.47 Å². The number of ether oxygens (including phenoxy) is 2. The molecular formula is C15H11BrF3NO3. The van der Waals surface area contributed by atoms with Crippen LogP contribution in [0.3, 0.4) is 0 Å². The molecule has 0 unspecified atom stereocenters. The number of hydrogen-bond acceptors (Lipinski definition) is 3. The molecule has 0 aliphatic carbocycles. The van der Waals surface area contributed by atoms with Crippen LogP contribution in [-0.4, -0.2) is 12.5 Å². The molecule has 0 aliphatic rings. The van der Waals surface area contributed by atoms with Crippen molar-refractivity contribution in [3.8, 4) is 5.75 Å². The van der Waals surface area contributed by atoms with Gasteiger partial charge >= 0.3 is 12.5 Å². The fourth-order valence-corrected chi connectivity index (χ4v) is 2.02. The molecule has 2 aromatic carbocycles. The van der Waals surface area contributed by atoms with Crippen LogP contribution in [0, 0.1) is 0 Å². The number of carbonyl (C=O) groups excluding carboxylic acids is 1. The molecule has 1 N–H and O–H groups in total. The van der Waals surface area contributed by atoms with E-state index in [-0.39, 0.29) is 12.3 Å². The number of rotatable bonds is 4. The first-order valence-corrected chi connectivity index (χ1v) is 7.16. The number of carbonyl (C=O) groups is 1. The molecule has 8 heteroatoms. The third kappa shape index (κ3) is 5.82. The minimum Gasteiger partial charge on any atom is -0.444 e. The molecule has 0 fully saturated rings. The quantitative estimate of drug-likeness (QED) is 0.791. The molecule has 4 nitrogen and oxygen atoms in total. The predicted molar refractivity (Wildman–Crippen MR) is 81.1 cm³/mol. The van der Waals surface area contributed by atoms with Crippen LogP contribution in [0.5, 0.6) is 5.75 Å². The van der Waals surface area contributed by atoms with Crippen molar-refractivity contribution in [1.29, 1.82) is 0 Å². The minimum atomic E-state index is -4.87. The zero-order valence-corrected chi connectivity index (χ0v) is 13.1. The monoisotopic (exact) mass is 389 g/mol. The molecule has 2 rings (SSSR count). The summed E-state index contributed by atoms with van der Waals surface area (Å²) < 4.78 is 46.3. The van der Waals surface area contributed by atoms with E-state index in [1.165, 1.54) is 12.1 Å². The fraction of sp³-hybridized carbons (Fsp3) is 0.133. The van der Waals surface area contributed by atoms with Gasteiger partial charge in [0.15, 0.2) is 5.75 Å². The van der Waals surface area contributed by atoms with Crippen LogP contribution < -0.4 is 10.1 Å². The van der Waals surface area contributed by atoms with Crippen molar-refractivity contribution in [2.45, 2.75) is 13.0 Å². The maximum absolute atomic E-state index is 12.4. The molecule has 0 radical (unpaired) electrons. The lowest BCUT2D eigenvalue weighted by atomic mass is 10.2. The van der Waals surface area contributed by atoms with Crippen LogP contribution in [-0.2, 0) is 11.3 Å². The SMILES string of the molecule is O=C(Nc1ccc(Br)cc1OC(F)(F)F)OCc1ccccc1. The Balaban J connectivity index is 2.02. The standard InChI is InChI=1S/C15H11BrF3NO3/c16-11-6-7-12(13(8-11)23-15(17,18)19)20-14(21)22-9-10-4-2-1-3-5-10/h1-8H,9H2,(H,20,21). The Labute approximate surface area is 138 Å². The summed E-state index contributed by atoms with van der Waals surface area (Å²) in [7, 11) is 0. The summed E-state index contributed by atoms with van der Waals surface area (Å²) in [4.78, 5) is 11.7. The molecule has 0 heterocycles. The van der Waals surface area contributed by atoms with Gasteiger partial charge in [-0.3, -0.25) is 5.32 Å².